The van der Waals surface area contributed by atoms with Crippen molar-refractivity contribution in [2.24, 2.45) is 5.73 Å². The monoisotopic (exact) mass is 345 g/mol. The summed E-state index contributed by atoms with van der Waals surface area (Å²) in [6.45, 7) is 0.473. The van der Waals surface area contributed by atoms with Crippen molar-refractivity contribution in [1.82, 2.24) is 0 Å². The van der Waals surface area contributed by atoms with Gasteiger partial charge in [-0.05, 0) is 51.1 Å². The van der Waals surface area contributed by atoms with Gasteiger partial charge in [-0.2, -0.15) is 0 Å². The van der Waals surface area contributed by atoms with Gasteiger partial charge in [0, 0.05) is 11.9 Å². The molecule has 3 rings (SSSR count). The van der Waals surface area contributed by atoms with Gasteiger partial charge in [-0.15, -0.1) is 0 Å². The molecule has 0 saturated heterocycles. The highest BCUT2D eigenvalue weighted by atomic mass is 79.9. The van der Waals surface area contributed by atoms with Gasteiger partial charge in [0.15, 0.2) is 0 Å². The quantitative estimate of drug-likeness (QED) is 0.725. The molecule has 0 heterocycles. The van der Waals surface area contributed by atoms with Crippen molar-refractivity contribution in [3.63, 3.8) is 0 Å². The molecule has 0 fully saturated rings. The highest BCUT2D eigenvalue weighted by Gasteiger charge is 2.09. The third kappa shape index (κ3) is 2.77. The molecule has 0 aliphatic heterocycles. The predicted octanol–water partition coefficient (Wildman–Crippen LogP) is 4.99. The van der Waals surface area contributed by atoms with Gasteiger partial charge in [0.05, 0.1) is 4.47 Å². The third-order valence-corrected chi connectivity index (χ3v) is 3.93. The number of fused-ring (bicyclic) bond motifs is 1. The van der Waals surface area contributed by atoms with E-state index in [9.17, 15) is 4.39 Å². The van der Waals surface area contributed by atoms with Crippen LogP contribution < -0.4 is 10.5 Å². The molecule has 0 spiro atoms. The Morgan fingerprint density at radius 3 is 2.38 bits per heavy atom. The average Bonchev–Trinajstić information content (AvgIpc) is 2.50. The van der Waals surface area contributed by atoms with Crippen molar-refractivity contribution in [2.45, 2.75) is 6.54 Å². The molecule has 0 aliphatic rings. The number of nitrogens with two attached hydrogens (primary N) is 1. The van der Waals surface area contributed by atoms with E-state index < -0.39 is 0 Å². The first-order valence-electron chi connectivity index (χ1n) is 6.52. The topological polar surface area (TPSA) is 35.2 Å². The smallest absolute Gasteiger partial charge is 0.141 e. The minimum absolute atomic E-state index is 0.308. The number of benzene rings is 3. The summed E-state index contributed by atoms with van der Waals surface area (Å²) < 4.78 is 19.6. The van der Waals surface area contributed by atoms with Crippen molar-refractivity contribution in [2.75, 3.05) is 0 Å². The Hall–Kier alpha value is -1.91. The van der Waals surface area contributed by atoms with Crippen LogP contribution in [0.15, 0.2) is 59.1 Å². The maximum Gasteiger partial charge on any atom is 0.141 e. The van der Waals surface area contributed by atoms with Gasteiger partial charge >= 0.3 is 0 Å². The summed E-state index contributed by atoms with van der Waals surface area (Å²) in [5.74, 6) is 0.981. The van der Waals surface area contributed by atoms with Gasteiger partial charge in [-0.25, -0.2) is 4.39 Å². The van der Waals surface area contributed by atoms with E-state index in [0.29, 0.717) is 16.8 Å². The molecule has 106 valence electrons. The van der Waals surface area contributed by atoms with Crippen molar-refractivity contribution in [1.29, 1.82) is 0 Å². The zero-order valence-corrected chi connectivity index (χ0v) is 12.7. The number of halogens is 2. The third-order valence-electron chi connectivity index (χ3n) is 3.31. The Kier molecular flexibility index (Phi) is 3.90. The molecular weight excluding hydrogens is 333 g/mol. The maximum absolute atomic E-state index is 13.1. The molecule has 0 saturated carbocycles. The van der Waals surface area contributed by atoms with E-state index in [4.69, 9.17) is 10.5 Å². The van der Waals surface area contributed by atoms with Gasteiger partial charge in [-0.1, -0.05) is 30.3 Å². The van der Waals surface area contributed by atoms with Crippen molar-refractivity contribution < 1.29 is 9.13 Å². The van der Waals surface area contributed by atoms with E-state index in [1.54, 1.807) is 6.07 Å². The zero-order chi connectivity index (χ0) is 14.8. The van der Waals surface area contributed by atoms with Crippen LogP contribution >= 0.6 is 15.9 Å². The molecule has 2 N–H and O–H groups in total. The summed E-state index contributed by atoms with van der Waals surface area (Å²) >= 11 is 3.31. The van der Waals surface area contributed by atoms with Gasteiger partial charge in [0.1, 0.15) is 17.3 Å². The number of hydrogen-bond acceptors (Lipinski definition) is 2. The lowest BCUT2D eigenvalue weighted by Gasteiger charge is -2.12. The molecule has 0 amide bonds. The van der Waals surface area contributed by atoms with Crippen molar-refractivity contribution in [3.05, 3.63) is 70.5 Å². The minimum atomic E-state index is -0.308. The minimum Gasteiger partial charge on any atom is -0.456 e. The first-order chi connectivity index (χ1) is 10.2. The molecule has 0 aliphatic carbocycles. The first kappa shape index (κ1) is 14.0. The normalized spacial score (nSPS) is 10.8. The summed E-state index contributed by atoms with van der Waals surface area (Å²) in [7, 11) is 0. The first-order valence-corrected chi connectivity index (χ1v) is 7.32. The maximum atomic E-state index is 13.1. The van der Waals surface area contributed by atoms with Crippen LogP contribution in [0, 0.1) is 5.82 Å². The highest BCUT2D eigenvalue weighted by Crippen LogP contribution is 2.35. The summed E-state index contributed by atoms with van der Waals surface area (Å²) in [6.07, 6.45) is 0. The van der Waals surface area contributed by atoms with Crippen LogP contribution in [0.25, 0.3) is 10.8 Å². The molecular formula is C17H13BrFNO. The van der Waals surface area contributed by atoms with E-state index in [1.807, 2.05) is 36.4 Å². The Labute approximate surface area is 130 Å². The van der Waals surface area contributed by atoms with Gasteiger partial charge in [0.2, 0.25) is 0 Å². The number of ether oxygens (including phenoxy) is 1. The van der Waals surface area contributed by atoms with Gasteiger partial charge in [0.25, 0.3) is 0 Å². The number of rotatable bonds is 3. The summed E-state index contributed by atoms with van der Waals surface area (Å²) in [5.41, 5.74) is 6.84. The summed E-state index contributed by atoms with van der Waals surface area (Å²) in [4.78, 5) is 0. The molecule has 3 aromatic carbocycles. The highest BCUT2D eigenvalue weighted by molar-refractivity contribution is 9.10. The van der Waals surface area contributed by atoms with E-state index in [1.165, 1.54) is 12.1 Å². The Morgan fingerprint density at radius 1 is 0.952 bits per heavy atom. The molecule has 0 atom stereocenters. The lowest BCUT2D eigenvalue weighted by atomic mass is 10.0. The van der Waals surface area contributed by atoms with E-state index >= 15 is 0 Å². The average molecular weight is 346 g/mol. The van der Waals surface area contributed by atoms with Crippen LogP contribution in [-0.2, 0) is 6.54 Å². The molecule has 0 aromatic heterocycles. The second kappa shape index (κ2) is 5.84. The van der Waals surface area contributed by atoms with Gasteiger partial charge in [-0.3, -0.25) is 0 Å². The van der Waals surface area contributed by atoms with Gasteiger partial charge < -0.3 is 10.5 Å². The van der Waals surface area contributed by atoms with E-state index in [0.717, 1.165) is 22.1 Å². The van der Waals surface area contributed by atoms with Crippen LogP contribution in [0.2, 0.25) is 0 Å². The Morgan fingerprint density at radius 2 is 1.67 bits per heavy atom. The summed E-state index contributed by atoms with van der Waals surface area (Å²) in [5, 5.41) is 2.05. The van der Waals surface area contributed by atoms with Crippen molar-refractivity contribution in [3.8, 4) is 11.5 Å². The fourth-order valence-corrected chi connectivity index (χ4v) is 2.71. The molecule has 2 nitrogen and oxygen atoms in total. The molecule has 21 heavy (non-hydrogen) atoms. The lowest BCUT2D eigenvalue weighted by molar-refractivity contribution is 0.482. The Balaban J connectivity index is 2.09. The summed E-state index contributed by atoms with van der Waals surface area (Å²) in [6, 6.07) is 16.1. The molecule has 0 bridgehead atoms. The predicted molar refractivity (Wildman–Crippen MR) is 86.0 cm³/mol. The molecule has 0 unspecified atom stereocenters. The second-order valence-corrected chi connectivity index (χ2v) is 5.50. The van der Waals surface area contributed by atoms with Crippen molar-refractivity contribution >= 4 is 26.7 Å². The van der Waals surface area contributed by atoms with Crippen LogP contribution in [0.4, 0.5) is 4.39 Å². The van der Waals surface area contributed by atoms with Crippen LogP contribution in [0.3, 0.4) is 0 Å². The molecule has 4 heteroatoms. The molecule has 0 radical (unpaired) electrons. The Bertz CT molecular complexity index is 804. The van der Waals surface area contributed by atoms with E-state index in [-0.39, 0.29) is 5.82 Å². The fraction of sp³-hybridized carbons (Fsp3) is 0.0588. The molecule has 3 aromatic rings. The van der Waals surface area contributed by atoms with E-state index in [2.05, 4.69) is 15.9 Å². The second-order valence-electron chi connectivity index (χ2n) is 4.65. The largest absolute Gasteiger partial charge is 0.456 e. The van der Waals surface area contributed by atoms with Crippen LogP contribution in [0.5, 0.6) is 11.5 Å². The fourth-order valence-electron chi connectivity index (χ4n) is 2.28. The SMILES string of the molecule is NCc1ccc(Oc2ccc(F)cc2Br)c2ccccc12. The lowest BCUT2D eigenvalue weighted by Crippen LogP contribution is -1.98. The van der Waals surface area contributed by atoms with Crippen LogP contribution in [0.1, 0.15) is 5.56 Å². The zero-order valence-electron chi connectivity index (χ0n) is 11.1. The standard InChI is InChI=1S/C17H13BrFNO/c18-15-9-12(19)6-8-17(15)21-16-7-5-11(10-20)13-3-1-2-4-14(13)16/h1-9H,10,20H2. The van der Waals surface area contributed by atoms with Crippen LogP contribution in [-0.4, -0.2) is 0 Å². The number of hydrogen-bond donors (Lipinski definition) is 1.